The summed E-state index contributed by atoms with van der Waals surface area (Å²) in [4.78, 5) is 15.5. The van der Waals surface area contributed by atoms with Crippen molar-refractivity contribution in [1.29, 1.82) is 0 Å². The number of esters is 1. The van der Waals surface area contributed by atoms with Crippen molar-refractivity contribution in [3.05, 3.63) is 35.9 Å². The van der Waals surface area contributed by atoms with E-state index in [4.69, 9.17) is 4.74 Å². The van der Waals surface area contributed by atoms with Gasteiger partial charge in [0.2, 0.25) is 0 Å². The number of carbonyl (C=O) groups excluding carboxylic acids is 1. The third kappa shape index (κ3) is 5.46. The highest BCUT2D eigenvalue weighted by atomic mass is 35.5. The van der Waals surface area contributed by atoms with Crippen LogP contribution < -0.4 is 0 Å². The van der Waals surface area contributed by atoms with Gasteiger partial charge in [-0.25, -0.2) is 0 Å². The molecule has 3 rings (SSSR count). The Kier molecular flexibility index (Phi) is 8.25. The third-order valence-electron chi connectivity index (χ3n) is 5.73. The van der Waals surface area contributed by atoms with Crippen molar-refractivity contribution >= 4 is 18.4 Å². The molecule has 0 amide bonds. The van der Waals surface area contributed by atoms with Gasteiger partial charge >= 0.3 is 5.97 Å². The highest BCUT2D eigenvalue weighted by Gasteiger charge is 2.34. The lowest BCUT2D eigenvalue weighted by molar-refractivity contribution is -0.155. The second-order valence-corrected chi connectivity index (χ2v) is 7.38. The van der Waals surface area contributed by atoms with E-state index in [1.165, 1.54) is 19.3 Å². The van der Waals surface area contributed by atoms with E-state index in [2.05, 4.69) is 24.0 Å². The van der Waals surface area contributed by atoms with Crippen LogP contribution in [0, 0.1) is 5.92 Å². The number of rotatable bonds is 5. The zero-order valence-electron chi connectivity index (χ0n) is 15.4. The van der Waals surface area contributed by atoms with Gasteiger partial charge in [-0.1, -0.05) is 56.5 Å². The Morgan fingerprint density at radius 1 is 1.12 bits per heavy atom. The largest absolute Gasteiger partial charge is 0.461 e. The fourth-order valence-electron chi connectivity index (χ4n) is 4.36. The summed E-state index contributed by atoms with van der Waals surface area (Å²) in [6, 6.07) is 10.3. The first-order valence-corrected chi connectivity index (χ1v) is 9.75. The van der Waals surface area contributed by atoms with Crippen LogP contribution in [0.15, 0.2) is 30.3 Å². The van der Waals surface area contributed by atoms with Gasteiger partial charge in [-0.3, -0.25) is 9.69 Å². The molecule has 1 heterocycles. The maximum absolute atomic E-state index is 13.1. The topological polar surface area (TPSA) is 29.5 Å². The van der Waals surface area contributed by atoms with Gasteiger partial charge in [0.1, 0.15) is 6.10 Å². The summed E-state index contributed by atoms with van der Waals surface area (Å²) in [5.41, 5.74) is 1.14. The molecule has 1 aromatic carbocycles. The van der Waals surface area contributed by atoms with Gasteiger partial charge in [-0.15, -0.1) is 12.4 Å². The lowest BCUT2D eigenvalue weighted by atomic mass is 9.77. The molecule has 2 atom stereocenters. The minimum atomic E-state index is -0.0801. The molecular weight excluding hydrogens is 334 g/mol. The Morgan fingerprint density at radius 3 is 2.52 bits per heavy atom. The summed E-state index contributed by atoms with van der Waals surface area (Å²) < 4.78 is 6.01. The summed E-state index contributed by atoms with van der Waals surface area (Å²) >= 11 is 0. The van der Waals surface area contributed by atoms with Crippen molar-refractivity contribution in [2.24, 2.45) is 5.92 Å². The van der Waals surface area contributed by atoms with Crippen LogP contribution in [-0.2, 0) is 9.53 Å². The van der Waals surface area contributed by atoms with Crippen molar-refractivity contribution in [3.63, 3.8) is 0 Å². The Labute approximate surface area is 158 Å². The van der Waals surface area contributed by atoms with Crippen LogP contribution in [0.1, 0.15) is 63.4 Å². The molecule has 0 aromatic heterocycles. The standard InChI is InChI=1S/C21H31NO2.ClH/c1-2-22-15-9-14-19(16-22)24-21(23)20(17-10-5-3-6-11-17)18-12-7-4-8-13-18;/h3,5-6,10-11,18-20H,2,4,7-9,12-16H2,1H3;1H. The van der Waals surface area contributed by atoms with E-state index in [9.17, 15) is 4.79 Å². The predicted octanol–water partition coefficient (Wildman–Crippen LogP) is 4.80. The molecule has 2 aliphatic rings. The highest BCUT2D eigenvalue weighted by Crippen LogP contribution is 2.37. The van der Waals surface area contributed by atoms with E-state index in [1.807, 2.05) is 18.2 Å². The minimum Gasteiger partial charge on any atom is -0.461 e. The van der Waals surface area contributed by atoms with Crippen LogP contribution in [0.3, 0.4) is 0 Å². The van der Waals surface area contributed by atoms with Gasteiger partial charge in [-0.05, 0) is 50.3 Å². The van der Waals surface area contributed by atoms with Gasteiger partial charge in [-0.2, -0.15) is 0 Å². The molecule has 140 valence electrons. The third-order valence-corrected chi connectivity index (χ3v) is 5.73. The number of nitrogens with zero attached hydrogens (tertiary/aromatic N) is 1. The fourth-order valence-corrected chi connectivity index (χ4v) is 4.36. The lowest BCUT2D eigenvalue weighted by Gasteiger charge is -2.34. The van der Waals surface area contributed by atoms with Crippen molar-refractivity contribution in [2.75, 3.05) is 19.6 Å². The molecule has 2 unspecified atom stereocenters. The molecule has 1 aliphatic carbocycles. The average molecular weight is 366 g/mol. The van der Waals surface area contributed by atoms with Crippen molar-refractivity contribution in [2.45, 2.75) is 63.9 Å². The molecule has 1 saturated carbocycles. The second kappa shape index (κ2) is 10.2. The number of carbonyl (C=O) groups is 1. The van der Waals surface area contributed by atoms with Crippen molar-refractivity contribution < 1.29 is 9.53 Å². The monoisotopic (exact) mass is 365 g/mol. The number of hydrogen-bond acceptors (Lipinski definition) is 3. The number of piperidine rings is 1. The van der Waals surface area contributed by atoms with E-state index < -0.39 is 0 Å². The van der Waals surface area contributed by atoms with Crippen LogP contribution in [0.25, 0.3) is 0 Å². The molecule has 0 spiro atoms. The van der Waals surface area contributed by atoms with Crippen LogP contribution in [-0.4, -0.2) is 36.6 Å². The molecule has 4 heteroatoms. The fraction of sp³-hybridized carbons (Fsp3) is 0.667. The molecule has 25 heavy (non-hydrogen) atoms. The van der Waals surface area contributed by atoms with E-state index >= 15 is 0 Å². The number of likely N-dealkylation sites (tertiary alicyclic amines) is 1. The van der Waals surface area contributed by atoms with Crippen LogP contribution in [0.4, 0.5) is 0 Å². The molecule has 0 radical (unpaired) electrons. The quantitative estimate of drug-likeness (QED) is 0.702. The Bertz CT molecular complexity index is 516. The molecule has 1 aromatic rings. The summed E-state index contributed by atoms with van der Waals surface area (Å²) in [6.45, 7) is 5.25. The number of halogens is 1. The lowest BCUT2D eigenvalue weighted by Crippen LogP contribution is -2.41. The average Bonchev–Trinajstić information content (AvgIpc) is 2.64. The molecule has 1 aliphatic heterocycles. The van der Waals surface area contributed by atoms with E-state index in [-0.39, 0.29) is 30.4 Å². The minimum absolute atomic E-state index is 0. The molecule has 3 nitrogen and oxygen atoms in total. The molecule has 2 fully saturated rings. The predicted molar refractivity (Wildman–Crippen MR) is 104 cm³/mol. The zero-order chi connectivity index (χ0) is 16.8. The SMILES string of the molecule is CCN1CCCC(OC(=O)C(c2ccccc2)C2CCCCC2)C1.Cl. The molecular formula is C21H32ClNO2. The molecule has 1 saturated heterocycles. The van der Waals surface area contributed by atoms with Gasteiger partial charge < -0.3 is 4.74 Å². The van der Waals surface area contributed by atoms with Crippen LogP contribution in [0.2, 0.25) is 0 Å². The number of hydrogen-bond donors (Lipinski definition) is 0. The maximum atomic E-state index is 13.1. The maximum Gasteiger partial charge on any atom is 0.314 e. The highest BCUT2D eigenvalue weighted by molar-refractivity contribution is 5.85. The van der Waals surface area contributed by atoms with Gasteiger partial charge in [0.25, 0.3) is 0 Å². The first-order valence-electron chi connectivity index (χ1n) is 9.75. The Morgan fingerprint density at radius 2 is 1.84 bits per heavy atom. The summed E-state index contributed by atoms with van der Waals surface area (Å²) in [7, 11) is 0. The second-order valence-electron chi connectivity index (χ2n) is 7.38. The van der Waals surface area contributed by atoms with E-state index in [0.29, 0.717) is 5.92 Å². The van der Waals surface area contributed by atoms with Crippen LogP contribution >= 0.6 is 12.4 Å². The first kappa shape index (κ1) is 20.3. The first-order chi connectivity index (χ1) is 11.8. The van der Waals surface area contributed by atoms with Gasteiger partial charge in [0.15, 0.2) is 0 Å². The zero-order valence-corrected chi connectivity index (χ0v) is 16.2. The number of benzene rings is 1. The molecule has 0 bridgehead atoms. The number of likely N-dealkylation sites (N-methyl/N-ethyl adjacent to an activating group) is 1. The Balaban J connectivity index is 0.00000225. The smallest absolute Gasteiger partial charge is 0.314 e. The van der Waals surface area contributed by atoms with E-state index in [0.717, 1.165) is 50.9 Å². The summed E-state index contributed by atoms with van der Waals surface area (Å²) in [5.74, 6) is 0.374. The summed E-state index contributed by atoms with van der Waals surface area (Å²) in [5, 5.41) is 0. The van der Waals surface area contributed by atoms with Crippen molar-refractivity contribution in [3.8, 4) is 0 Å². The van der Waals surface area contributed by atoms with Gasteiger partial charge in [0.05, 0.1) is 5.92 Å². The van der Waals surface area contributed by atoms with Crippen molar-refractivity contribution in [1.82, 2.24) is 4.90 Å². The normalized spacial score (nSPS) is 23.5. The van der Waals surface area contributed by atoms with E-state index in [1.54, 1.807) is 0 Å². The number of ether oxygens (including phenoxy) is 1. The van der Waals surface area contributed by atoms with Gasteiger partial charge in [0, 0.05) is 6.54 Å². The van der Waals surface area contributed by atoms with Crippen LogP contribution in [0.5, 0.6) is 0 Å². The molecule has 0 N–H and O–H groups in total. The Hall–Kier alpha value is -1.06. The summed E-state index contributed by atoms with van der Waals surface area (Å²) in [6.07, 6.45) is 8.31.